The van der Waals surface area contributed by atoms with Crippen molar-refractivity contribution < 1.29 is 17.9 Å². The van der Waals surface area contributed by atoms with Gasteiger partial charge in [-0.3, -0.25) is 9.48 Å². The highest BCUT2D eigenvalue weighted by Gasteiger charge is 2.17. The Morgan fingerprint density at radius 2 is 2.19 bits per heavy atom. The van der Waals surface area contributed by atoms with Gasteiger partial charge in [-0.05, 0) is 18.2 Å². The van der Waals surface area contributed by atoms with E-state index in [-0.39, 0.29) is 22.9 Å². The van der Waals surface area contributed by atoms with Crippen molar-refractivity contribution in [2.45, 2.75) is 11.4 Å². The maximum Gasteiger partial charge on any atom is 0.286 e. The summed E-state index contributed by atoms with van der Waals surface area (Å²) in [4.78, 5) is 17.3. The van der Waals surface area contributed by atoms with Crippen molar-refractivity contribution in [3.8, 4) is 18.2 Å². The van der Waals surface area contributed by atoms with Gasteiger partial charge in [0.2, 0.25) is 5.88 Å². The second kappa shape index (κ2) is 7.02. The maximum absolute atomic E-state index is 12.6. The zero-order valence-electron chi connectivity index (χ0n) is 14.8. The van der Waals surface area contributed by atoms with Crippen LogP contribution in [0.4, 0.5) is 0 Å². The van der Waals surface area contributed by atoms with Crippen LogP contribution in [-0.2, 0) is 23.4 Å². The van der Waals surface area contributed by atoms with Gasteiger partial charge in [0.25, 0.3) is 5.91 Å². The van der Waals surface area contributed by atoms with Crippen molar-refractivity contribution in [1.82, 2.24) is 14.3 Å². The molecule has 3 rings (SSSR count). The highest BCUT2D eigenvalue weighted by atomic mass is 32.2. The lowest BCUT2D eigenvalue weighted by molar-refractivity contribution is 0.0995. The van der Waals surface area contributed by atoms with Crippen LogP contribution < -0.4 is 9.54 Å². The van der Waals surface area contributed by atoms with Crippen molar-refractivity contribution in [2.24, 2.45) is 12.0 Å². The number of amides is 1. The third-order valence-corrected chi connectivity index (χ3v) is 5.90. The van der Waals surface area contributed by atoms with Gasteiger partial charge in [0.1, 0.15) is 5.56 Å². The molecule has 10 heteroatoms. The number of hydrogen-bond acceptors (Lipinski definition) is 6. The van der Waals surface area contributed by atoms with Crippen LogP contribution in [0, 0.1) is 12.3 Å². The van der Waals surface area contributed by atoms with Crippen LogP contribution in [0.2, 0.25) is 0 Å². The first-order valence-electron chi connectivity index (χ1n) is 7.68. The number of hydrogen-bond donors (Lipinski definition) is 0. The number of ether oxygens (including phenoxy) is 1. The van der Waals surface area contributed by atoms with E-state index in [1.54, 1.807) is 23.7 Å². The zero-order valence-corrected chi connectivity index (χ0v) is 16.5. The molecule has 0 unspecified atom stereocenters. The lowest BCUT2D eigenvalue weighted by Crippen LogP contribution is -2.16. The molecule has 1 amide bonds. The summed E-state index contributed by atoms with van der Waals surface area (Å²) in [7, 11) is -0.259. The topological polar surface area (TPSA) is 95.5 Å². The van der Waals surface area contributed by atoms with Gasteiger partial charge in [-0.2, -0.15) is 4.99 Å². The molecule has 8 nitrogen and oxygen atoms in total. The average molecular weight is 404 g/mol. The number of nitrogens with zero attached hydrogens (tertiary/aromatic N) is 4. The fraction of sp³-hybridized carbons (Fsp3) is 0.235. The van der Waals surface area contributed by atoms with Gasteiger partial charge in [-0.1, -0.05) is 17.3 Å². The minimum atomic E-state index is -3.35. The number of methoxy groups -OCH3 is 1. The number of rotatable bonds is 4. The third-order valence-electron chi connectivity index (χ3n) is 3.75. The molecule has 0 aliphatic carbocycles. The molecular weight excluding hydrogens is 388 g/mol. The molecule has 140 valence electrons. The van der Waals surface area contributed by atoms with E-state index >= 15 is 0 Å². The Labute approximate surface area is 159 Å². The van der Waals surface area contributed by atoms with E-state index in [0.29, 0.717) is 15.0 Å². The smallest absolute Gasteiger partial charge is 0.286 e. The van der Waals surface area contributed by atoms with E-state index < -0.39 is 15.7 Å². The Bertz CT molecular complexity index is 1260. The Hall–Kier alpha value is -2.90. The number of thiazole rings is 1. The molecule has 2 heterocycles. The number of fused-ring (bicyclic) bond motifs is 1. The second-order valence-electron chi connectivity index (χ2n) is 5.72. The fourth-order valence-electron chi connectivity index (χ4n) is 2.53. The Morgan fingerprint density at radius 1 is 1.44 bits per heavy atom. The van der Waals surface area contributed by atoms with Gasteiger partial charge < -0.3 is 9.30 Å². The molecule has 0 aliphatic heterocycles. The Kier molecular flexibility index (Phi) is 4.91. The lowest BCUT2D eigenvalue weighted by Gasteiger charge is -2.01. The second-order valence-corrected chi connectivity index (χ2v) is 8.74. The summed E-state index contributed by atoms with van der Waals surface area (Å²) in [5.74, 6) is 2.18. The standard InChI is InChI=1S/C17H16N4O4S2/c1-5-8-21-13-7-6-11(27(4,23)24)9-14(13)26-17(21)18-15(22)12-10-20(2)19-16(12)25-3/h1,6-7,9-10H,8H2,2-4H3. The van der Waals surface area contributed by atoms with E-state index in [2.05, 4.69) is 16.0 Å². The Morgan fingerprint density at radius 3 is 2.81 bits per heavy atom. The molecule has 0 radical (unpaired) electrons. The van der Waals surface area contributed by atoms with Gasteiger partial charge >= 0.3 is 0 Å². The summed E-state index contributed by atoms with van der Waals surface area (Å²) < 4.78 is 32.5. The summed E-state index contributed by atoms with van der Waals surface area (Å²) in [5, 5.41) is 4.04. The molecule has 0 aliphatic rings. The molecule has 0 saturated carbocycles. The predicted molar refractivity (Wildman–Crippen MR) is 101 cm³/mol. The number of benzene rings is 1. The molecule has 0 N–H and O–H groups in total. The SMILES string of the molecule is C#CCn1c(=NC(=O)c2cn(C)nc2OC)sc2cc(S(C)(=O)=O)ccc21. The summed E-state index contributed by atoms with van der Waals surface area (Å²) >= 11 is 1.18. The maximum atomic E-state index is 12.6. The molecule has 0 fully saturated rings. The summed E-state index contributed by atoms with van der Waals surface area (Å²) in [5.41, 5.74) is 0.927. The van der Waals surface area contributed by atoms with Gasteiger partial charge in [0.05, 0.1) is 28.8 Å². The quantitative estimate of drug-likeness (QED) is 0.610. The normalized spacial score (nSPS) is 12.3. The highest BCUT2D eigenvalue weighted by molar-refractivity contribution is 7.90. The minimum Gasteiger partial charge on any atom is -0.479 e. The first kappa shape index (κ1) is 18.9. The fourth-order valence-corrected chi connectivity index (χ4v) is 4.32. The zero-order chi connectivity index (χ0) is 19.8. The van der Waals surface area contributed by atoms with Crippen molar-refractivity contribution in [2.75, 3.05) is 13.4 Å². The Balaban J connectivity index is 2.20. The van der Waals surface area contributed by atoms with E-state index in [1.807, 2.05) is 0 Å². The number of sulfone groups is 1. The molecule has 27 heavy (non-hydrogen) atoms. The third kappa shape index (κ3) is 3.65. The number of aromatic nitrogens is 3. The lowest BCUT2D eigenvalue weighted by atomic mass is 10.3. The van der Waals surface area contributed by atoms with Crippen LogP contribution in [0.1, 0.15) is 10.4 Å². The van der Waals surface area contributed by atoms with Gasteiger partial charge in [-0.15, -0.1) is 11.5 Å². The minimum absolute atomic E-state index is 0.176. The number of aryl methyl sites for hydroxylation is 1. The van der Waals surface area contributed by atoms with Gasteiger partial charge in [0.15, 0.2) is 14.6 Å². The van der Waals surface area contributed by atoms with Crippen LogP contribution in [-0.4, -0.2) is 42.0 Å². The van der Waals surface area contributed by atoms with E-state index in [4.69, 9.17) is 11.2 Å². The van der Waals surface area contributed by atoms with Crippen molar-refractivity contribution in [3.63, 3.8) is 0 Å². The first-order chi connectivity index (χ1) is 12.7. The van der Waals surface area contributed by atoms with Crippen molar-refractivity contribution >= 4 is 37.3 Å². The summed E-state index contributed by atoms with van der Waals surface area (Å²) in [6.07, 6.45) is 8.11. The highest BCUT2D eigenvalue weighted by Crippen LogP contribution is 2.22. The van der Waals surface area contributed by atoms with E-state index in [0.717, 1.165) is 6.26 Å². The predicted octanol–water partition coefficient (Wildman–Crippen LogP) is 1.22. The molecule has 3 aromatic rings. The van der Waals surface area contributed by atoms with E-state index in [1.165, 1.54) is 35.4 Å². The van der Waals surface area contributed by atoms with Crippen molar-refractivity contribution in [1.29, 1.82) is 0 Å². The van der Waals surface area contributed by atoms with Crippen molar-refractivity contribution in [3.05, 3.63) is 34.8 Å². The number of carbonyl (C=O) groups excluding carboxylic acids is 1. The van der Waals surface area contributed by atoms with Crippen LogP contribution in [0.25, 0.3) is 10.2 Å². The van der Waals surface area contributed by atoms with Gasteiger partial charge in [-0.25, -0.2) is 8.42 Å². The summed E-state index contributed by atoms with van der Waals surface area (Å²) in [6.45, 7) is 0.189. The molecule has 0 saturated heterocycles. The molecule has 0 spiro atoms. The van der Waals surface area contributed by atoms with Crippen LogP contribution in [0.15, 0.2) is 34.3 Å². The van der Waals surface area contributed by atoms with E-state index in [9.17, 15) is 13.2 Å². The summed E-state index contributed by atoms with van der Waals surface area (Å²) in [6, 6.07) is 4.72. The number of carbonyl (C=O) groups is 1. The molecule has 2 aromatic heterocycles. The van der Waals surface area contributed by atoms with Crippen LogP contribution in [0.5, 0.6) is 5.88 Å². The largest absolute Gasteiger partial charge is 0.479 e. The monoisotopic (exact) mass is 404 g/mol. The molecular formula is C17H16N4O4S2. The van der Waals surface area contributed by atoms with Crippen LogP contribution >= 0.6 is 11.3 Å². The number of terminal acetylenes is 1. The average Bonchev–Trinajstić information content (AvgIpc) is 3.14. The first-order valence-corrected chi connectivity index (χ1v) is 10.4. The molecule has 1 aromatic carbocycles. The molecule has 0 atom stereocenters. The van der Waals surface area contributed by atoms with Gasteiger partial charge in [0, 0.05) is 19.5 Å². The molecule has 0 bridgehead atoms. The van der Waals surface area contributed by atoms with Crippen LogP contribution in [0.3, 0.4) is 0 Å².